The van der Waals surface area contributed by atoms with Gasteiger partial charge in [0.05, 0.1) is 22.3 Å². The van der Waals surface area contributed by atoms with Gasteiger partial charge < -0.3 is 9.30 Å². The molecule has 0 atom stereocenters. The maximum atomic E-state index is 13.0. The van der Waals surface area contributed by atoms with Gasteiger partial charge in [-0.2, -0.15) is 18.3 Å². The van der Waals surface area contributed by atoms with Gasteiger partial charge in [0.2, 0.25) is 5.75 Å². The van der Waals surface area contributed by atoms with E-state index < -0.39 is 22.4 Å². The second-order valence-electron chi connectivity index (χ2n) is 8.37. The number of nitro benzene ring substituents is 1. The number of alkyl halides is 3. The van der Waals surface area contributed by atoms with E-state index in [-0.39, 0.29) is 17.4 Å². The third-order valence-corrected chi connectivity index (χ3v) is 6.46. The van der Waals surface area contributed by atoms with Gasteiger partial charge in [-0.15, -0.1) is 0 Å². The summed E-state index contributed by atoms with van der Waals surface area (Å²) in [6.45, 7) is 3.76. The van der Waals surface area contributed by atoms with Gasteiger partial charge in [-0.05, 0) is 84.4 Å². The Kier molecular flexibility index (Phi) is 7.86. The first-order valence-corrected chi connectivity index (χ1v) is 12.2. The second-order valence-corrected chi connectivity index (χ2v) is 9.23. The summed E-state index contributed by atoms with van der Waals surface area (Å²) in [6.07, 6.45) is -3.18. The lowest BCUT2D eigenvalue weighted by Gasteiger charge is -2.12. The van der Waals surface area contributed by atoms with Crippen molar-refractivity contribution in [3.63, 3.8) is 0 Å². The lowest BCUT2D eigenvalue weighted by molar-refractivity contribution is -0.385. The lowest BCUT2D eigenvalue weighted by Crippen LogP contribution is -2.18. The Bertz CT molecular complexity index is 1580. The van der Waals surface area contributed by atoms with Gasteiger partial charge in [-0.3, -0.25) is 14.9 Å². The molecule has 0 spiro atoms. The van der Waals surface area contributed by atoms with Crippen LogP contribution in [0.5, 0.6) is 11.5 Å². The van der Waals surface area contributed by atoms with Gasteiger partial charge in [0.1, 0.15) is 5.75 Å². The van der Waals surface area contributed by atoms with Crippen molar-refractivity contribution in [3.8, 4) is 17.2 Å². The van der Waals surface area contributed by atoms with E-state index in [1.165, 1.54) is 6.21 Å². The van der Waals surface area contributed by atoms with E-state index in [9.17, 15) is 28.1 Å². The van der Waals surface area contributed by atoms with E-state index in [0.29, 0.717) is 16.1 Å². The molecule has 3 aromatic carbocycles. The van der Waals surface area contributed by atoms with Crippen LogP contribution in [0, 0.1) is 24.0 Å². The smallest absolute Gasteiger partial charge is 0.416 e. The summed E-state index contributed by atoms with van der Waals surface area (Å²) >= 11 is 3.33. The molecule has 39 heavy (non-hydrogen) atoms. The fraction of sp³-hybridized carbons (Fsp3) is 0.111. The van der Waals surface area contributed by atoms with Crippen molar-refractivity contribution in [2.45, 2.75) is 20.0 Å². The van der Waals surface area contributed by atoms with Crippen LogP contribution >= 0.6 is 15.9 Å². The van der Waals surface area contributed by atoms with E-state index in [4.69, 9.17) is 4.74 Å². The largest absolute Gasteiger partial charge is 0.450 e. The van der Waals surface area contributed by atoms with Gasteiger partial charge in [0.25, 0.3) is 5.91 Å². The number of nitrogens with zero attached hydrogens (tertiary/aromatic N) is 3. The minimum Gasteiger partial charge on any atom is -0.450 e. The van der Waals surface area contributed by atoms with Crippen LogP contribution < -0.4 is 10.2 Å². The summed E-state index contributed by atoms with van der Waals surface area (Å²) in [7, 11) is 0. The molecule has 4 rings (SSSR count). The molecule has 8 nitrogen and oxygen atoms in total. The predicted molar refractivity (Wildman–Crippen MR) is 143 cm³/mol. The van der Waals surface area contributed by atoms with Crippen molar-refractivity contribution in [1.29, 1.82) is 0 Å². The number of benzene rings is 3. The van der Waals surface area contributed by atoms with Crippen LogP contribution in [-0.2, 0) is 6.18 Å². The molecule has 0 aliphatic carbocycles. The number of carbonyl (C=O) groups excluding carboxylic acids is 1. The number of ether oxygens (including phenoxy) is 1. The molecule has 0 unspecified atom stereocenters. The van der Waals surface area contributed by atoms with Gasteiger partial charge in [-0.25, -0.2) is 5.43 Å². The normalized spacial score (nSPS) is 11.5. The molecular formula is C27H20BrF3N4O4. The maximum absolute atomic E-state index is 13.0. The minimum atomic E-state index is -4.72. The summed E-state index contributed by atoms with van der Waals surface area (Å²) in [5.74, 6) is -0.464. The Morgan fingerprint density at radius 2 is 1.77 bits per heavy atom. The summed E-state index contributed by atoms with van der Waals surface area (Å²) in [5, 5.41) is 15.4. The average Bonchev–Trinajstić information content (AvgIpc) is 3.16. The van der Waals surface area contributed by atoms with Crippen molar-refractivity contribution in [1.82, 2.24) is 9.99 Å². The lowest BCUT2D eigenvalue weighted by atomic mass is 10.2. The molecular weight excluding hydrogens is 581 g/mol. The Morgan fingerprint density at radius 3 is 2.41 bits per heavy atom. The molecule has 1 heterocycles. The van der Waals surface area contributed by atoms with Crippen molar-refractivity contribution < 1.29 is 27.6 Å². The molecule has 1 amide bonds. The number of carbonyl (C=O) groups is 1. The molecule has 12 heteroatoms. The van der Waals surface area contributed by atoms with E-state index in [2.05, 4.69) is 26.5 Å². The number of hydrogen-bond donors (Lipinski definition) is 1. The van der Waals surface area contributed by atoms with Crippen LogP contribution in [0.1, 0.15) is 32.9 Å². The Labute approximate surface area is 229 Å². The van der Waals surface area contributed by atoms with E-state index in [1.807, 2.05) is 24.5 Å². The Morgan fingerprint density at radius 1 is 1.08 bits per heavy atom. The van der Waals surface area contributed by atoms with Crippen molar-refractivity contribution in [2.24, 2.45) is 5.10 Å². The second kappa shape index (κ2) is 11.1. The zero-order valence-electron chi connectivity index (χ0n) is 20.5. The quantitative estimate of drug-likeness (QED) is 0.136. The van der Waals surface area contributed by atoms with Crippen LogP contribution in [0.3, 0.4) is 0 Å². The number of amides is 1. The van der Waals surface area contributed by atoms with E-state index in [0.717, 1.165) is 34.8 Å². The monoisotopic (exact) mass is 600 g/mol. The molecule has 4 aromatic rings. The molecule has 200 valence electrons. The van der Waals surface area contributed by atoms with E-state index >= 15 is 0 Å². The van der Waals surface area contributed by atoms with Crippen LogP contribution in [0.4, 0.5) is 18.9 Å². The van der Waals surface area contributed by atoms with Crippen LogP contribution in [0.25, 0.3) is 5.69 Å². The highest BCUT2D eigenvalue weighted by Gasteiger charge is 2.33. The van der Waals surface area contributed by atoms with Gasteiger partial charge in [0, 0.05) is 33.2 Å². The van der Waals surface area contributed by atoms with Crippen molar-refractivity contribution in [3.05, 3.63) is 115 Å². The molecule has 0 saturated carbocycles. The Balaban J connectivity index is 1.51. The first kappa shape index (κ1) is 27.6. The zero-order chi connectivity index (χ0) is 28.3. The number of aryl methyl sites for hydroxylation is 1. The SMILES string of the molecule is Cc1cc(/C=N\NC(=O)c2ccccc2Br)c(C)n1-c1ccc(Oc2ccc(C(F)(F)F)cc2[N+](=O)[O-])cc1. The van der Waals surface area contributed by atoms with Crippen LogP contribution in [0.2, 0.25) is 0 Å². The number of halogens is 4. The summed E-state index contributed by atoms with van der Waals surface area (Å²) in [4.78, 5) is 22.8. The fourth-order valence-corrected chi connectivity index (χ4v) is 4.36. The molecule has 1 aromatic heterocycles. The van der Waals surface area contributed by atoms with Crippen LogP contribution in [-0.4, -0.2) is 21.6 Å². The number of hydrogen-bond acceptors (Lipinski definition) is 5. The van der Waals surface area contributed by atoms with Crippen molar-refractivity contribution >= 4 is 33.7 Å². The molecule has 1 N–H and O–H groups in total. The highest BCUT2D eigenvalue weighted by atomic mass is 79.9. The Hall–Kier alpha value is -4.45. The summed E-state index contributed by atoms with van der Waals surface area (Å²) in [6, 6.07) is 17.5. The third kappa shape index (κ3) is 6.17. The standard InChI is InChI=1S/C27H20BrF3N4O4/c1-16-13-18(15-32-33-26(36)22-5-3-4-6-23(22)28)17(2)34(16)20-8-10-21(11-9-20)39-25-12-7-19(27(29,30)31)14-24(25)35(37)38/h3-15H,1-2H3,(H,33,36)/b32-15-. The maximum Gasteiger partial charge on any atom is 0.416 e. The average molecular weight is 601 g/mol. The number of aromatic nitrogens is 1. The predicted octanol–water partition coefficient (Wildman–Crippen LogP) is 7.34. The van der Waals surface area contributed by atoms with Crippen molar-refractivity contribution in [2.75, 3.05) is 0 Å². The number of nitro groups is 1. The minimum absolute atomic E-state index is 0.209. The molecule has 0 bridgehead atoms. The molecule has 0 fully saturated rings. The number of hydrazone groups is 1. The van der Waals surface area contributed by atoms with Crippen LogP contribution in [0.15, 0.2) is 82.4 Å². The van der Waals surface area contributed by atoms with Gasteiger partial charge >= 0.3 is 11.9 Å². The van der Waals surface area contributed by atoms with Gasteiger partial charge in [0.15, 0.2) is 0 Å². The number of rotatable bonds is 7. The molecule has 0 saturated heterocycles. The fourth-order valence-electron chi connectivity index (χ4n) is 3.89. The first-order valence-electron chi connectivity index (χ1n) is 11.4. The molecule has 0 aliphatic heterocycles. The van der Waals surface area contributed by atoms with Gasteiger partial charge in [-0.1, -0.05) is 12.1 Å². The zero-order valence-corrected chi connectivity index (χ0v) is 22.1. The summed E-state index contributed by atoms with van der Waals surface area (Å²) < 4.78 is 47.0. The highest BCUT2D eigenvalue weighted by Crippen LogP contribution is 2.38. The third-order valence-electron chi connectivity index (χ3n) is 5.76. The first-order chi connectivity index (χ1) is 18.5. The highest BCUT2D eigenvalue weighted by molar-refractivity contribution is 9.10. The molecule has 0 aliphatic rings. The summed E-state index contributed by atoms with van der Waals surface area (Å²) in [5.41, 5.74) is 4.24. The number of nitrogens with one attached hydrogen (secondary N) is 1. The topological polar surface area (TPSA) is 98.8 Å². The molecule has 0 radical (unpaired) electrons. The van der Waals surface area contributed by atoms with E-state index in [1.54, 1.807) is 48.5 Å².